The Morgan fingerprint density at radius 1 is 1.03 bits per heavy atom. The third-order valence-electron chi connectivity index (χ3n) is 6.06. The maximum absolute atomic E-state index is 12.0. The molecule has 0 aliphatic heterocycles. The zero-order chi connectivity index (χ0) is 21.6. The molecule has 31 heavy (non-hydrogen) atoms. The molecule has 6 heteroatoms. The summed E-state index contributed by atoms with van der Waals surface area (Å²) in [4.78, 5) is 16.6. The lowest BCUT2D eigenvalue weighted by atomic mass is 9.89. The number of hydrogen-bond donors (Lipinski definition) is 2. The summed E-state index contributed by atoms with van der Waals surface area (Å²) in [5, 5.41) is 10.8. The molecule has 0 bridgehead atoms. The summed E-state index contributed by atoms with van der Waals surface area (Å²) in [6, 6.07) is 12.5. The van der Waals surface area contributed by atoms with Crippen molar-refractivity contribution in [2.75, 3.05) is 17.2 Å². The van der Waals surface area contributed by atoms with E-state index in [0.717, 1.165) is 47.8 Å². The number of nitrogens with zero attached hydrogens (tertiary/aromatic N) is 3. The van der Waals surface area contributed by atoms with Crippen LogP contribution in [-0.2, 0) is 4.79 Å². The highest BCUT2D eigenvalue weighted by Crippen LogP contribution is 2.30. The lowest BCUT2D eigenvalue weighted by molar-refractivity contribution is -0.117. The minimum atomic E-state index is 0.0239. The van der Waals surface area contributed by atoms with Crippen molar-refractivity contribution in [3.63, 3.8) is 0 Å². The first-order valence-corrected chi connectivity index (χ1v) is 11.8. The van der Waals surface area contributed by atoms with E-state index in [1.54, 1.807) is 4.52 Å². The van der Waals surface area contributed by atoms with Gasteiger partial charge < -0.3 is 5.32 Å². The van der Waals surface area contributed by atoms with Crippen molar-refractivity contribution in [2.45, 2.75) is 58.8 Å². The molecular weight excluding hydrogens is 386 g/mol. The van der Waals surface area contributed by atoms with Gasteiger partial charge in [0.2, 0.25) is 11.9 Å². The van der Waals surface area contributed by atoms with Crippen LogP contribution in [0.2, 0.25) is 0 Å². The van der Waals surface area contributed by atoms with Crippen molar-refractivity contribution >= 4 is 23.2 Å². The van der Waals surface area contributed by atoms with Crippen LogP contribution in [0.4, 0.5) is 11.6 Å². The van der Waals surface area contributed by atoms with E-state index in [1.807, 2.05) is 32.2 Å². The maximum Gasteiger partial charge on any atom is 0.249 e. The van der Waals surface area contributed by atoms with Gasteiger partial charge in [-0.3, -0.25) is 10.1 Å². The second-order valence-corrected chi connectivity index (χ2v) is 8.35. The van der Waals surface area contributed by atoms with Crippen molar-refractivity contribution in [1.82, 2.24) is 14.6 Å². The normalized spacial score (nSPS) is 16.5. The summed E-state index contributed by atoms with van der Waals surface area (Å²) in [6.07, 6.45) is 10.6. The predicted octanol–water partition coefficient (Wildman–Crippen LogP) is 5.76. The Morgan fingerprint density at radius 2 is 1.77 bits per heavy atom. The lowest BCUT2D eigenvalue weighted by Gasteiger charge is -2.22. The van der Waals surface area contributed by atoms with E-state index in [-0.39, 0.29) is 11.8 Å². The van der Waals surface area contributed by atoms with Gasteiger partial charge in [-0.15, -0.1) is 5.10 Å². The highest BCUT2D eigenvalue weighted by Gasteiger charge is 2.30. The van der Waals surface area contributed by atoms with Crippen LogP contribution in [0.25, 0.3) is 16.8 Å². The summed E-state index contributed by atoms with van der Waals surface area (Å²) in [6.45, 7) is 5.06. The van der Waals surface area contributed by atoms with Gasteiger partial charge in [0.1, 0.15) is 0 Å². The molecule has 2 aliphatic carbocycles. The molecule has 164 valence electrons. The summed E-state index contributed by atoms with van der Waals surface area (Å²) in [5.74, 6) is 1.34. The van der Waals surface area contributed by atoms with E-state index in [0.29, 0.717) is 5.95 Å². The van der Waals surface area contributed by atoms with E-state index in [9.17, 15) is 4.79 Å². The first-order valence-electron chi connectivity index (χ1n) is 11.8. The smallest absolute Gasteiger partial charge is 0.249 e. The van der Waals surface area contributed by atoms with Gasteiger partial charge in [0, 0.05) is 29.9 Å². The van der Waals surface area contributed by atoms with Crippen molar-refractivity contribution in [1.29, 1.82) is 0 Å². The van der Waals surface area contributed by atoms with Gasteiger partial charge in [-0.25, -0.2) is 4.52 Å². The van der Waals surface area contributed by atoms with Crippen LogP contribution in [0, 0.1) is 11.8 Å². The molecule has 2 aromatic heterocycles. The van der Waals surface area contributed by atoms with Crippen LogP contribution in [0.5, 0.6) is 0 Å². The molecular formula is C25H33N5O. The number of fused-ring (bicyclic) bond motifs is 1. The number of amides is 1. The lowest BCUT2D eigenvalue weighted by Crippen LogP contribution is -2.16. The van der Waals surface area contributed by atoms with Crippen LogP contribution in [-0.4, -0.2) is 27.0 Å². The maximum atomic E-state index is 12.0. The van der Waals surface area contributed by atoms with Crippen molar-refractivity contribution in [2.24, 2.45) is 11.8 Å². The van der Waals surface area contributed by atoms with Gasteiger partial charge in [-0.1, -0.05) is 45.2 Å². The zero-order valence-corrected chi connectivity index (χ0v) is 18.6. The van der Waals surface area contributed by atoms with Crippen LogP contribution >= 0.6 is 0 Å². The third kappa shape index (κ3) is 5.24. The van der Waals surface area contributed by atoms with E-state index in [1.165, 1.54) is 32.1 Å². The summed E-state index contributed by atoms with van der Waals surface area (Å²) in [7, 11) is 0. The van der Waals surface area contributed by atoms with E-state index in [2.05, 4.69) is 45.0 Å². The Balaban J connectivity index is 0.00000112. The molecule has 0 saturated heterocycles. The third-order valence-corrected chi connectivity index (χ3v) is 6.06. The Bertz CT molecular complexity index is 1000. The van der Waals surface area contributed by atoms with E-state index < -0.39 is 0 Å². The molecule has 0 radical (unpaired) electrons. The van der Waals surface area contributed by atoms with Crippen molar-refractivity contribution < 1.29 is 4.79 Å². The molecule has 1 aromatic carbocycles. The second kappa shape index (κ2) is 9.94. The number of anilines is 2. The predicted molar refractivity (Wildman–Crippen MR) is 126 cm³/mol. The monoisotopic (exact) mass is 419 g/mol. The summed E-state index contributed by atoms with van der Waals surface area (Å²) in [5.41, 5.74) is 4.00. The van der Waals surface area contributed by atoms with Gasteiger partial charge in [0.25, 0.3) is 0 Å². The first-order chi connectivity index (χ1) is 15.3. The number of pyridine rings is 1. The molecule has 1 amide bonds. The fourth-order valence-electron chi connectivity index (χ4n) is 4.16. The Morgan fingerprint density at radius 3 is 2.48 bits per heavy atom. The van der Waals surface area contributed by atoms with Crippen LogP contribution in [0.15, 0.2) is 42.6 Å². The number of nitrogens with one attached hydrogen (secondary N) is 2. The van der Waals surface area contributed by atoms with Crippen LogP contribution in [0.1, 0.15) is 58.8 Å². The quantitative estimate of drug-likeness (QED) is 0.533. The first kappa shape index (κ1) is 21.3. The highest BCUT2D eigenvalue weighted by molar-refractivity contribution is 5.93. The average molecular weight is 420 g/mol. The van der Waals surface area contributed by atoms with E-state index >= 15 is 0 Å². The molecule has 0 unspecified atom stereocenters. The number of carbonyl (C=O) groups excluding carboxylic acids is 1. The number of carbonyl (C=O) groups is 1. The topological polar surface area (TPSA) is 71.3 Å². The van der Waals surface area contributed by atoms with Crippen molar-refractivity contribution in [3.05, 3.63) is 42.6 Å². The van der Waals surface area contributed by atoms with Gasteiger partial charge in [0.05, 0.1) is 0 Å². The summed E-state index contributed by atoms with van der Waals surface area (Å²) < 4.78 is 1.73. The minimum absolute atomic E-state index is 0.0239. The Kier molecular flexibility index (Phi) is 6.85. The van der Waals surface area contributed by atoms with Gasteiger partial charge in [-0.05, 0) is 61.4 Å². The standard InChI is InChI=1S/C23H27N5O.C2H6/c29-22(18-8-9-18)26-23-25-21-20(7-4-14-28(21)27-23)17-10-12-19(13-11-17)24-15-16-5-2-1-3-6-16;1-2/h4,7,10-14,16,18,24H,1-3,5-6,8-9,15H2,(H,26,27,29);1-2H3. The second-order valence-electron chi connectivity index (χ2n) is 8.35. The van der Waals surface area contributed by atoms with Gasteiger partial charge >= 0.3 is 0 Å². The van der Waals surface area contributed by atoms with Gasteiger partial charge in [-0.2, -0.15) is 4.98 Å². The molecule has 5 rings (SSSR count). The number of aromatic nitrogens is 3. The molecule has 2 fully saturated rings. The highest BCUT2D eigenvalue weighted by atomic mass is 16.2. The molecule has 2 heterocycles. The van der Waals surface area contributed by atoms with Crippen LogP contribution < -0.4 is 10.6 Å². The average Bonchev–Trinajstić information content (AvgIpc) is 3.60. The zero-order valence-electron chi connectivity index (χ0n) is 18.6. The van der Waals surface area contributed by atoms with Crippen LogP contribution in [0.3, 0.4) is 0 Å². The number of benzene rings is 1. The fraction of sp³-hybridized carbons (Fsp3) is 0.480. The molecule has 0 spiro atoms. The largest absolute Gasteiger partial charge is 0.385 e. The minimum Gasteiger partial charge on any atom is -0.385 e. The SMILES string of the molecule is CC.O=C(Nc1nc2c(-c3ccc(NCC4CCCCC4)cc3)cccn2n1)C1CC1. The Labute approximate surface area is 184 Å². The summed E-state index contributed by atoms with van der Waals surface area (Å²) >= 11 is 0. The molecule has 0 atom stereocenters. The Hall–Kier alpha value is -2.89. The molecule has 2 saturated carbocycles. The number of hydrogen-bond acceptors (Lipinski definition) is 4. The molecule has 3 aromatic rings. The molecule has 2 N–H and O–H groups in total. The molecule has 2 aliphatic rings. The van der Waals surface area contributed by atoms with E-state index in [4.69, 9.17) is 0 Å². The fourth-order valence-corrected chi connectivity index (χ4v) is 4.16. The molecule has 6 nitrogen and oxygen atoms in total. The number of rotatable bonds is 6. The van der Waals surface area contributed by atoms with Gasteiger partial charge in [0.15, 0.2) is 5.65 Å². The van der Waals surface area contributed by atoms with Crippen molar-refractivity contribution in [3.8, 4) is 11.1 Å².